The van der Waals surface area contributed by atoms with Gasteiger partial charge in [-0.15, -0.1) is 0 Å². The molecule has 1 N–H and O–H groups in total. The van der Waals surface area contributed by atoms with Crippen molar-refractivity contribution in [2.75, 3.05) is 26.0 Å². The molecule has 0 fully saturated rings. The summed E-state index contributed by atoms with van der Waals surface area (Å²) in [5.41, 5.74) is 3.78. The second kappa shape index (κ2) is 8.73. The Morgan fingerprint density at radius 2 is 1.70 bits per heavy atom. The Balaban J connectivity index is 1.65. The molecule has 7 heteroatoms. The monoisotopic (exact) mass is 405 g/mol. The molecule has 30 heavy (non-hydrogen) atoms. The third-order valence-corrected chi connectivity index (χ3v) is 4.47. The molecule has 0 aliphatic rings. The van der Waals surface area contributed by atoms with E-state index in [1.165, 1.54) is 4.90 Å². The molecule has 0 saturated carbocycles. The number of nitrogens with zero attached hydrogens (tertiary/aromatic N) is 2. The van der Waals surface area contributed by atoms with Gasteiger partial charge in [0.2, 0.25) is 0 Å². The predicted molar refractivity (Wildman–Crippen MR) is 115 cm³/mol. The average Bonchev–Trinajstić information content (AvgIpc) is 2.71. The normalized spacial score (nSPS) is 10.5. The van der Waals surface area contributed by atoms with Crippen LogP contribution in [0.25, 0.3) is 10.9 Å². The zero-order valence-corrected chi connectivity index (χ0v) is 17.4. The van der Waals surface area contributed by atoms with Crippen LogP contribution in [0.2, 0.25) is 0 Å². The van der Waals surface area contributed by atoms with Crippen LogP contribution < -0.4 is 5.32 Å². The van der Waals surface area contributed by atoms with Gasteiger partial charge in [-0.1, -0.05) is 11.6 Å². The topological polar surface area (TPSA) is 88.6 Å². The van der Waals surface area contributed by atoms with Crippen LogP contribution in [0, 0.1) is 13.8 Å². The van der Waals surface area contributed by atoms with E-state index in [4.69, 9.17) is 4.74 Å². The van der Waals surface area contributed by atoms with E-state index >= 15 is 0 Å². The molecule has 0 spiro atoms. The summed E-state index contributed by atoms with van der Waals surface area (Å²) in [6.45, 7) is 3.30. The van der Waals surface area contributed by atoms with Gasteiger partial charge in [-0.2, -0.15) is 0 Å². The Labute approximate surface area is 174 Å². The number of pyridine rings is 1. The third-order valence-electron chi connectivity index (χ3n) is 4.47. The van der Waals surface area contributed by atoms with Crippen molar-refractivity contribution in [3.05, 3.63) is 70.9 Å². The minimum Gasteiger partial charge on any atom is -0.452 e. The Morgan fingerprint density at radius 3 is 2.37 bits per heavy atom. The lowest BCUT2D eigenvalue weighted by atomic mass is 10.1. The summed E-state index contributed by atoms with van der Waals surface area (Å²) >= 11 is 0. The second-order valence-electron chi connectivity index (χ2n) is 7.23. The molecule has 0 aliphatic carbocycles. The van der Waals surface area contributed by atoms with E-state index in [1.54, 1.807) is 51.4 Å². The van der Waals surface area contributed by atoms with E-state index in [-0.39, 0.29) is 5.91 Å². The maximum Gasteiger partial charge on any atom is 0.339 e. The van der Waals surface area contributed by atoms with E-state index < -0.39 is 18.5 Å². The number of carbonyl (C=O) groups is 3. The minimum atomic E-state index is -0.585. The lowest BCUT2D eigenvalue weighted by molar-refractivity contribution is -0.119. The van der Waals surface area contributed by atoms with Gasteiger partial charge < -0.3 is 15.0 Å². The molecule has 0 saturated heterocycles. The average molecular weight is 405 g/mol. The fraction of sp³-hybridized carbons (Fsp3) is 0.217. The first-order valence-electron chi connectivity index (χ1n) is 9.41. The van der Waals surface area contributed by atoms with E-state index in [9.17, 15) is 14.4 Å². The number of fused-ring (bicyclic) bond motifs is 1. The van der Waals surface area contributed by atoms with Crippen molar-refractivity contribution in [3.63, 3.8) is 0 Å². The number of aryl methyl sites for hydroxylation is 2. The first-order chi connectivity index (χ1) is 14.2. The molecule has 2 aromatic carbocycles. The standard InChI is InChI=1S/C23H23N3O4/c1-14-5-10-20-18(11-14)19(12-15(2)24-20)23(29)30-13-21(27)25-17-8-6-16(7-9-17)22(28)26(3)4/h5-12H,13H2,1-4H3,(H,25,27). The molecule has 0 bridgehead atoms. The third kappa shape index (κ3) is 4.81. The van der Waals surface area contributed by atoms with E-state index in [0.29, 0.717) is 33.4 Å². The van der Waals surface area contributed by atoms with Crippen molar-refractivity contribution in [3.8, 4) is 0 Å². The minimum absolute atomic E-state index is 0.128. The Morgan fingerprint density at radius 1 is 1.00 bits per heavy atom. The fourth-order valence-corrected chi connectivity index (χ4v) is 3.00. The summed E-state index contributed by atoms with van der Waals surface area (Å²) in [6, 6.07) is 13.8. The van der Waals surface area contributed by atoms with Gasteiger partial charge in [0.05, 0.1) is 11.1 Å². The molecule has 2 amide bonds. The summed E-state index contributed by atoms with van der Waals surface area (Å²) in [5.74, 6) is -1.18. The number of esters is 1. The van der Waals surface area contributed by atoms with Gasteiger partial charge in [-0.3, -0.25) is 14.6 Å². The Hall–Kier alpha value is -3.74. The Bertz CT molecular complexity index is 1120. The first kappa shape index (κ1) is 21.0. The number of nitrogens with one attached hydrogen (secondary N) is 1. The number of aromatic nitrogens is 1. The molecule has 0 radical (unpaired) electrons. The van der Waals surface area contributed by atoms with Gasteiger partial charge in [0.25, 0.3) is 11.8 Å². The van der Waals surface area contributed by atoms with Crippen molar-refractivity contribution in [1.82, 2.24) is 9.88 Å². The van der Waals surface area contributed by atoms with Gasteiger partial charge in [-0.25, -0.2) is 4.79 Å². The smallest absolute Gasteiger partial charge is 0.339 e. The van der Waals surface area contributed by atoms with Gasteiger partial charge >= 0.3 is 5.97 Å². The fourth-order valence-electron chi connectivity index (χ4n) is 3.00. The summed E-state index contributed by atoms with van der Waals surface area (Å²) in [4.78, 5) is 42.6. The lowest BCUT2D eigenvalue weighted by Crippen LogP contribution is -2.22. The van der Waals surface area contributed by atoms with Crippen LogP contribution in [-0.4, -0.2) is 48.4 Å². The second-order valence-corrected chi connectivity index (χ2v) is 7.23. The first-order valence-corrected chi connectivity index (χ1v) is 9.41. The summed E-state index contributed by atoms with van der Waals surface area (Å²) < 4.78 is 5.22. The quantitative estimate of drug-likeness (QED) is 0.658. The highest BCUT2D eigenvalue weighted by Gasteiger charge is 2.16. The van der Waals surface area contributed by atoms with Crippen LogP contribution in [0.4, 0.5) is 5.69 Å². The summed E-state index contributed by atoms with van der Waals surface area (Å²) in [7, 11) is 3.34. The van der Waals surface area contributed by atoms with Crippen LogP contribution in [0.15, 0.2) is 48.5 Å². The van der Waals surface area contributed by atoms with Crippen LogP contribution >= 0.6 is 0 Å². The highest BCUT2D eigenvalue weighted by atomic mass is 16.5. The van der Waals surface area contributed by atoms with Crippen LogP contribution in [0.5, 0.6) is 0 Å². The molecule has 0 unspecified atom stereocenters. The van der Waals surface area contributed by atoms with Gasteiger partial charge in [-0.05, 0) is 56.3 Å². The zero-order valence-electron chi connectivity index (χ0n) is 17.4. The van der Waals surface area contributed by atoms with Crippen molar-refractivity contribution in [2.45, 2.75) is 13.8 Å². The SMILES string of the molecule is Cc1ccc2nc(C)cc(C(=O)OCC(=O)Nc3ccc(C(=O)N(C)C)cc3)c2c1. The molecule has 0 aliphatic heterocycles. The number of amides is 2. The highest BCUT2D eigenvalue weighted by molar-refractivity contribution is 6.04. The number of rotatable bonds is 5. The van der Waals surface area contributed by atoms with E-state index in [2.05, 4.69) is 10.3 Å². The number of carbonyl (C=O) groups excluding carboxylic acids is 3. The molecular formula is C23H23N3O4. The van der Waals surface area contributed by atoms with Gasteiger partial charge in [0.15, 0.2) is 6.61 Å². The number of hydrogen-bond donors (Lipinski definition) is 1. The number of anilines is 1. The molecule has 3 aromatic rings. The largest absolute Gasteiger partial charge is 0.452 e. The number of ether oxygens (including phenoxy) is 1. The van der Waals surface area contributed by atoms with Crippen molar-refractivity contribution in [1.29, 1.82) is 0 Å². The van der Waals surface area contributed by atoms with Crippen LogP contribution in [0.1, 0.15) is 32.0 Å². The molecule has 154 valence electrons. The predicted octanol–water partition coefficient (Wildman–Crippen LogP) is 3.35. The zero-order chi connectivity index (χ0) is 21.8. The van der Waals surface area contributed by atoms with Crippen molar-refractivity contribution in [2.24, 2.45) is 0 Å². The van der Waals surface area contributed by atoms with Gasteiger partial charge in [0, 0.05) is 36.4 Å². The molecule has 0 atom stereocenters. The molecular weight excluding hydrogens is 382 g/mol. The molecule has 3 rings (SSSR count). The van der Waals surface area contributed by atoms with Gasteiger partial charge in [0.1, 0.15) is 0 Å². The lowest BCUT2D eigenvalue weighted by Gasteiger charge is -2.11. The Kier molecular flexibility index (Phi) is 6.11. The van der Waals surface area contributed by atoms with E-state index in [0.717, 1.165) is 5.56 Å². The van der Waals surface area contributed by atoms with Crippen molar-refractivity contribution >= 4 is 34.4 Å². The molecule has 1 heterocycles. The maximum atomic E-state index is 12.6. The number of hydrogen-bond acceptors (Lipinski definition) is 5. The summed E-state index contributed by atoms with van der Waals surface area (Å²) in [5, 5.41) is 3.34. The van der Waals surface area contributed by atoms with E-state index in [1.807, 2.05) is 25.1 Å². The maximum absolute atomic E-state index is 12.6. The summed E-state index contributed by atoms with van der Waals surface area (Å²) in [6.07, 6.45) is 0. The molecule has 7 nitrogen and oxygen atoms in total. The van der Waals surface area contributed by atoms with Crippen LogP contribution in [0.3, 0.4) is 0 Å². The highest BCUT2D eigenvalue weighted by Crippen LogP contribution is 2.21. The van der Waals surface area contributed by atoms with Crippen LogP contribution in [-0.2, 0) is 9.53 Å². The van der Waals surface area contributed by atoms with Crippen molar-refractivity contribution < 1.29 is 19.1 Å². The number of benzene rings is 2. The molecule has 1 aromatic heterocycles.